The number of para-hydroxylation sites is 1. The molecule has 0 aliphatic rings. The zero-order valence-electron chi connectivity index (χ0n) is 13.3. The fourth-order valence-electron chi connectivity index (χ4n) is 1.62. The van der Waals surface area contributed by atoms with Crippen molar-refractivity contribution in [1.29, 1.82) is 0 Å². The molecule has 7 nitrogen and oxygen atoms in total. The molecule has 126 valence electrons. The van der Waals surface area contributed by atoms with Crippen molar-refractivity contribution in [1.82, 2.24) is 5.32 Å². The van der Waals surface area contributed by atoms with Gasteiger partial charge >= 0.3 is 6.09 Å². The molecule has 1 aromatic rings. The molecule has 8 heteroatoms. The van der Waals surface area contributed by atoms with E-state index in [9.17, 15) is 14.9 Å². The normalized spacial score (nSPS) is 11.3. The molecule has 0 saturated carbocycles. The molecular weight excluding hydrogens is 366 g/mol. The molecule has 2 N–H and O–H groups in total. The smallest absolute Gasteiger partial charge is 0.407 e. The van der Waals surface area contributed by atoms with Gasteiger partial charge in [-0.3, -0.25) is 10.1 Å². The zero-order valence-corrected chi connectivity index (χ0v) is 14.8. The first-order valence-corrected chi connectivity index (χ1v) is 7.78. The van der Waals surface area contributed by atoms with Crippen LogP contribution in [-0.4, -0.2) is 29.7 Å². The average molecular weight is 386 g/mol. The first kappa shape index (κ1) is 19.0. The lowest BCUT2D eigenvalue weighted by molar-refractivity contribution is -0.384. The first-order chi connectivity index (χ1) is 10.7. The van der Waals surface area contributed by atoms with Crippen molar-refractivity contribution in [3.05, 3.63) is 44.9 Å². The summed E-state index contributed by atoms with van der Waals surface area (Å²) in [5, 5.41) is 16.5. The van der Waals surface area contributed by atoms with Crippen molar-refractivity contribution in [3.8, 4) is 0 Å². The van der Waals surface area contributed by atoms with Crippen molar-refractivity contribution in [3.63, 3.8) is 0 Å². The van der Waals surface area contributed by atoms with Crippen LogP contribution in [0.5, 0.6) is 0 Å². The van der Waals surface area contributed by atoms with Crippen LogP contribution in [0.25, 0.3) is 0 Å². The summed E-state index contributed by atoms with van der Waals surface area (Å²) < 4.78 is 5.71. The van der Waals surface area contributed by atoms with Gasteiger partial charge in [0.15, 0.2) is 0 Å². The van der Waals surface area contributed by atoms with Crippen molar-refractivity contribution in [2.45, 2.75) is 26.4 Å². The fourth-order valence-corrected chi connectivity index (χ4v) is 2.12. The number of nitrogens with zero attached hydrogens (tertiary/aromatic N) is 1. The van der Waals surface area contributed by atoms with Crippen LogP contribution < -0.4 is 10.6 Å². The number of alkyl carbamates (subject to hydrolysis) is 1. The summed E-state index contributed by atoms with van der Waals surface area (Å²) in [5.41, 5.74) is -0.115. The fraction of sp³-hybridized carbons (Fsp3) is 0.400. The topological polar surface area (TPSA) is 93.5 Å². The Bertz CT molecular complexity index is 597. The van der Waals surface area contributed by atoms with Gasteiger partial charge < -0.3 is 15.4 Å². The largest absolute Gasteiger partial charge is 0.444 e. The molecule has 0 aliphatic carbocycles. The van der Waals surface area contributed by atoms with Gasteiger partial charge in [-0.2, -0.15) is 0 Å². The minimum absolute atomic E-state index is 0.000319. The summed E-state index contributed by atoms with van der Waals surface area (Å²) in [6.45, 7) is 6.07. The number of nitro benzene ring substituents is 1. The van der Waals surface area contributed by atoms with E-state index in [1.54, 1.807) is 45.1 Å². The van der Waals surface area contributed by atoms with Gasteiger partial charge in [0.05, 0.1) is 4.92 Å². The first-order valence-electron chi connectivity index (χ1n) is 6.99. The molecule has 0 radical (unpaired) electrons. The summed E-state index contributed by atoms with van der Waals surface area (Å²) in [4.78, 5) is 21.9. The highest BCUT2D eigenvalue weighted by atomic mass is 79.9. The minimum Gasteiger partial charge on any atom is -0.444 e. The second-order valence-electron chi connectivity index (χ2n) is 5.63. The van der Waals surface area contributed by atoms with E-state index in [0.717, 1.165) is 0 Å². The number of ether oxygens (including phenoxy) is 1. The highest BCUT2D eigenvalue weighted by Gasteiger charge is 2.16. The maximum atomic E-state index is 11.4. The van der Waals surface area contributed by atoms with E-state index in [0.29, 0.717) is 23.2 Å². The molecule has 1 aromatic carbocycles. The van der Waals surface area contributed by atoms with E-state index < -0.39 is 16.6 Å². The van der Waals surface area contributed by atoms with Gasteiger partial charge in [-0.25, -0.2) is 4.79 Å². The number of halogens is 1. The number of hydrogen-bond donors (Lipinski definition) is 2. The molecule has 0 spiro atoms. The van der Waals surface area contributed by atoms with Crippen molar-refractivity contribution >= 4 is 33.4 Å². The third kappa shape index (κ3) is 7.14. The number of anilines is 1. The van der Waals surface area contributed by atoms with E-state index in [2.05, 4.69) is 26.6 Å². The zero-order chi connectivity index (χ0) is 17.5. The Balaban J connectivity index is 2.43. The monoisotopic (exact) mass is 385 g/mol. The maximum absolute atomic E-state index is 11.4. The van der Waals surface area contributed by atoms with Crippen LogP contribution in [0.3, 0.4) is 0 Å². The number of carbonyl (C=O) groups is 1. The average Bonchev–Trinajstić information content (AvgIpc) is 2.41. The molecule has 0 saturated heterocycles. The van der Waals surface area contributed by atoms with Crippen molar-refractivity contribution in [2.24, 2.45) is 0 Å². The van der Waals surface area contributed by atoms with Crippen molar-refractivity contribution < 1.29 is 14.5 Å². The second kappa shape index (κ2) is 8.52. The number of carbonyl (C=O) groups excluding carboxylic acids is 1. The molecule has 1 rings (SSSR count). The summed E-state index contributed by atoms with van der Waals surface area (Å²) in [6.07, 6.45) is 3.01. The van der Waals surface area contributed by atoms with Crippen LogP contribution in [0.4, 0.5) is 16.2 Å². The Morgan fingerprint density at radius 3 is 2.61 bits per heavy atom. The maximum Gasteiger partial charge on any atom is 0.407 e. The Morgan fingerprint density at radius 1 is 1.35 bits per heavy atom. The number of nitro groups is 1. The van der Waals surface area contributed by atoms with E-state index in [1.165, 1.54) is 6.07 Å². The van der Waals surface area contributed by atoms with Gasteiger partial charge in [-0.15, -0.1) is 0 Å². The third-order valence-corrected chi connectivity index (χ3v) is 3.18. The number of rotatable bonds is 6. The summed E-state index contributed by atoms with van der Waals surface area (Å²) in [6, 6.07) is 4.76. The molecular formula is C15H20BrN3O4. The Kier molecular flexibility index (Phi) is 7.02. The molecule has 0 aromatic heterocycles. The Hall–Kier alpha value is -2.09. The van der Waals surface area contributed by atoms with Gasteiger partial charge in [0.1, 0.15) is 11.3 Å². The predicted molar refractivity (Wildman–Crippen MR) is 92.7 cm³/mol. The van der Waals surface area contributed by atoms with Crippen molar-refractivity contribution in [2.75, 3.05) is 18.4 Å². The molecule has 0 atom stereocenters. The molecule has 0 unspecified atom stereocenters. The minimum atomic E-state index is -0.534. The molecule has 0 bridgehead atoms. The summed E-state index contributed by atoms with van der Waals surface area (Å²) in [7, 11) is 0. The van der Waals surface area contributed by atoms with Gasteiger partial charge in [-0.05, 0) is 42.8 Å². The van der Waals surface area contributed by atoms with E-state index in [-0.39, 0.29) is 5.69 Å². The second-order valence-corrected chi connectivity index (χ2v) is 6.48. The standard InChI is InChI=1S/C15H20BrN3O4/c1-15(2,3)23-14(20)18-10-5-4-9-17-13-11(16)7-6-8-12(13)19(21)22/h4-8,17H,9-10H2,1-3H3,(H,18,20)/b5-4+. The van der Waals surface area contributed by atoms with E-state index >= 15 is 0 Å². The summed E-state index contributed by atoms with van der Waals surface area (Å²) in [5.74, 6) is 0. The highest BCUT2D eigenvalue weighted by Crippen LogP contribution is 2.31. The number of hydrogen-bond acceptors (Lipinski definition) is 5. The number of amides is 1. The van der Waals surface area contributed by atoms with Gasteiger partial charge in [0.25, 0.3) is 5.69 Å². The summed E-state index contributed by atoms with van der Waals surface area (Å²) >= 11 is 3.28. The molecule has 23 heavy (non-hydrogen) atoms. The molecule has 1 amide bonds. The van der Waals surface area contributed by atoms with Crippen LogP contribution in [0.1, 0.15) is 20.8 Å². The lowest BCUT2D eigenvalue weighted by Crippen LogP contribution is -2.32. The van der Waals surface area contributed by atoms with Crippen LogP contribution in [-0.2, 0) is 4.74 Å². The van der Waals surface area contributed by atoms with E-state index in [1.807, 2.05) is 0 Å². The van der Waals surface area contributed by atoms with Crippen LogP contribution in [0.15, 0.2) is 34.8 Å². The van der Waals surface area contributed by atoms with Gasteiger partial charge in [-0.1, -0.05) is 18.2 Å². The number of nitrogens with one attached hydrogen (secondary N) is 2. The lowest BCUT2D eigenvalue weighted by atomic mass is 10.2. The van der Waals surface area contributed by atoms with Gasteiger partial charge in [0, 0.05) is 23.6 Å². The Labute approximate surface area is 143 Å². The van der Waals surface area contributed by atoms with E-state index in [4.69, 9.17) is 4.74 Å². The van der Waals surface area contributed by atoms with Crippen LogP contribution in [0.2, 0.25) is 0 Å². The molecule has 0 aliphatic heterocycles. The lowest BCUT2D eigenvalue weighted by Gasteiger charge is -2.19. The van der Waals surface area contributed by atoms with Crippen LogP contribution >= 0.6 is 15.9 Å². The highest BCUT2D eigenvalue weighted by molar-refractivity contribution is 9.10. The quantitative estimate of drug-likeness (QED) is 0.440. The predicted octanol–water partition coefficient (Wildman–Crippen LogP) is 3.85. The molecule has 0 fully saturated rings. The molecule has 0 heterocycles. The number of benzene rings is 1. The van der Waals surface area contributed by atoms with Gasteiger partial charge in [0.2, 0.25) is 0 Å². The third-order valence-electron chi connectivity index (χ3n) is 2.51. The Morgan fingerprint density at radius 2 is 2.00 bits per heavy atom. The SMILES string of the molecule is CC(C)(C)OC(=O)NC/C=C/CNc1c(Br)cccc1[N+](=O)[O-]. The van der Waals surface area contributed by atoms with Crippen LogP contribution in [0, 0.1) is 10.1 Å².